The number of rotatable bonds is 4. The van der Waals surface area contributed by atoms with Crippen molar-refractivity contribution >= 4 is 5.82 Å². The third-order valence-corrected chi connectivity index (χ3v) is 3.11. The van der Waals surface area contributed by atoms with E-state index in [-0.39, 0.29) is 5.54 Å². The van der Waals surface area contributed by atoms with E-state index < -0.39 is 0 Å². The van der Waals surface area contributed by atoms with Gasteiger partial charge in [-0.15, -0.1) is 0 Å². The predicted molar refractivity (Wildman–Crippen MR) is 75.4 cm³/mol. The van der Waals surface area contributed by atoms with Crippen molar-refractivity contribution in [2.24, 2.45) is 5.73 Å². The summed E-state index contributed by atoms with van der Waals surface area (Å²) in [5, 5.41) is 3.43. The lowest BCUT2D eigenvalue weighted by molar-refractivity contribution is 0.554. The summed E-state index contributed by atoms with van der Waals surface area (Å²) >= 11 is 0. The van der Waals surface area contributed by atoms with Gasteiger partial charge >= 0.3 is 0 Å². The molecule has 0 bridgehead atoms. The molecule has 3 nitrogen and oxygen atoms in total. The average Bonchev–Trinajstić information content (AvgIpc) is 2.39. The largest absolute Gasteiger partial charge is 0.360 e. The standard InChI is InChI=1S/C15H19N3/c1-12-7-6-10-14(17-12)18-15(2,11-16)13-8-4-3-5-9-13/h3-10H,11,16H2,1-2H3,(H,17,18). The van der Waals surface area contributed by atoms with Gasteiger partial charge in [-0.1, -0.05) is 36.4 Å². The van der Waals surface area contributed by atoms with Crippen molar-refractivity contribution in [1.29, 1.82) is 0 Å². The molecule has 1 aromatic heterocycles. The van der Waals surface area contributed by atoms with Crippen LogP contribution in [-0.4, -0.2) is 11.5 Å². The summed E-state index contributed by atoms with van der Waals surface area (Å²) in [6.45, 7) is 4.58. The van der Waals surface area contributed by atoms with E-state index in [2.05, 4.69) is 29.4 Å². The smallest absolute Gasteiger partial charge is 0.126 e. The molecule has 3 N–H and O–H groups in total. The van der Waals surface area contributed by atoms with E-state index in [1.165, 1.54) is 0 Å². The molecule has 0 radical (unpaired) electrons. The molecule has 0 amide bonds. The molecule has 0 aliphatic heterocycles. The van der Waals surface area contributed by atoms with Crippen molar-refractivity contribution in [1.82, 2.24) is 4.98 Å². The van der Waals surface area contributed by atoms with Crippen molar-refractivity contribution in [2.75, 3.05) is 11.9 Å². The SMILES string of the molecule is Cc1cccc(NC(C)(CN)c2ccccc2)n1. The number of nitrogens with two attached hydrogens (primary N) is 1. The molecule has 0 saturated heterocycles. The second kappa shape index (κ2) is 5.19. The lowest BCUT2D eigenvalue weighted by Crippen LogP contribution is -2.40. The van der Waals surface area contributed by atoms with Gasteiger partial charge in [0.15, 0.2) is 0 Å². The Balaban J connectivity index is 2.29. The molecule has 1 unspecified atom stereocenters. The fourth-order valence-corrected chi connectivity index (χ4v) is 1.94. The van der Waals surface area contributed by atoms with Gasteiger partial charge < -0.3 is 11.1 Å². The Morgan fingerprint density at radius 1 is 1.11 bits per heavy atom. The highest BCUT2D eigenvalue weighted by molar-refractivity contribution is 5.42. The Morgan fingerprint density at radius 3 is 2.44 bits per heavy atom. The third-order valence-electron chi connectivity index (χ3n) is 3.11. The molecule has 1 aromatic carbocycles. The van der Waals surface area contributed by atoms with E-state index in [4.69, 9.17) is 5.73 Å². The van der Waals surface area contributed by atoms with Crippen LogP contribution >= 0.6 is 0 Å². The van der Waals surface area contributed by atoms with Gasteiger partial charge in [-0.25, -0.2) is 4.98 Å². The van der Waals surface area contributed by atoms with Crippen molar-refractivity contribution < 1.29 is 0 Å². The normalized spacial score (nSPS) is 13.9. The molecule has 18 heavy (non-hydrogen) atoms. The van der Waals surface area contributed by atoms with Crippen LogP contribution in [0.2, 0.25) is 0 Å². The van der Waals surface area contributed by atoms with Crippen molar-refractivity contribution in [3.63, 3.8) is 0 Å². The minimum Gasteiger partial charge on any atom is -0.360 e. The van der Waals surface area contributed by atoms with E-state index in [0.717, 1.165) is 17.1 Å². The van der Waals surface area contributed by atoms with Crippen LogP contribution in [0.1, 0.15) is 18.2 Å². The molecular weight excluding hydrogens is 222 g/mol. The molecule has 94 valence electrons. The van der Waals surface area contributed by atoms with Crippen molar-refractivity contribution in [3.05, 3.63) is 59.8 Å². The lowest BCUT2D eigenvalue weighted by atomic mass is 9.92. The minimum absolute atomic E-state index is 0.304. The molecule has 0 fully saturated rings. The number of benzene rings is 1. The van der Waals surface area contributed by atoms with Crippen molar-refractivity contribution in [3.8, 4) is 0 Å². The summed E-state index contributed by atoms with van der Waals surface area (Å²) in [6, 6.07) is 16.1. The lowest BCUT2D eigenvalue weighted by Gasteiger charge is -2.30. The number of hydrogen-bond donors (Lipinski definition) is 2. The van der Waals surface area contributed by atoms with Gasteiger partial charge in [0, 0.05) is 12.2 Å². The zero-order chi connectivity index (χ0) is 13.0. The van der Waals surface area contributed by atoms with Crippen LogP contribution in [0.3, 0.4) is 0 Å². The van der Waals surface area contributed by atoms with Crippen molar-refractivity contribution in [2.45, 2.75) is 19.4 Å². The highest BCUT2D eigenvalue weighted by Crippen LogP contribution is 2.24. The maximum Gasteiger partial charge on any atom is 0.126 e. The van der Waals surface area contributed by atoms with Crippen LogP contribution in [0.25, 0.3) is 0 Å². The number of nitrogens with zero attached hydrogens (tertiary/aromatic N) is 1. The second-order valence-corrected chi connectivity index (χ2v) is 4.69. The van der Waals surface area contributed by atoms with Gasteiger partial charge in [0.25, 0.3) is 0 Å². The number of aromatic nitrogens is 1. The van der Waals surface area contributed by atoms with E-state index in [0.29, 0.717) is 6.54 Å². The molecule has 0 aliphatic carbocycles. The summed E-state index contributed by atoms with van der Waals surface area (Å²) in [6.07, 6.45) is 0. The Morgan fingerprint density at radius 2 is 1.83 bits per heavy atom. The van der Waals surface area contributed by atoms with Crippen LogP contribution in [0.15, 0.2) is 48.5 Å². The topological polar surface area (TPSA) is 50.9 Å². The first-order valence-electron chi connectivity index (χ1n) is 6.11. The Hall–Kier alpha value is -1.87. The van der Waals surface area contributed by atoms with Crippen LogP contribution < -0.4 is 11.1 Å². The van der Waals surface area contributed by atoms with Crippen LogP contribution in [0, 0.1) is 6.92 Å². The monoisotopic (exact) mass is 241 g/mol. The second-order valence-electron chi connectivity index (χ2n) is 4.69. The molecular formula is C15H19N3. The quantitative estimate of drug-likeness (QED) is 0.865. The van der Waals surface area contributed by atoms with Gasteiger partial charge in [0.2, 0.25) is 0 Å². The number of nitrogens with one attached hydrogen (secondary N) is 1. The summed E-state index contributed by atoms with van der Waals surface area (Å²) in [5.74, 6) is 0.854. The third kappa shape index (κ3) is 2.68. The fourth-order valence-electron chi connectivity index (χ4n) is 1.94. The summed E-state index contributed by atoms with van der Waals surface area (Å²) in [5.41, 5.74) is 7.79. The zero-order valence-corrected chi connectivity index (χ0v) is 10.9. The van der Waals surface area contributed by atoms with Gasteiger partial charge in [-0.05, 0) is 31.5 Å². The van der Waals surface area contributed by atoms with Gasteiger partial charge in [0.1, 0.15) is 5.82 Å². The molecule has 3 heteroatoms. The highest BCUT2D eigenvalue weighted by Gasteiger charge is 2.24. The van der Waals surface area contributed by atoms with Crippen LogP contribution in [0.5, 0.6) is 0 Å². The summed E-state index contributed by atoms with van der Waals surface area (Å²) < 4.78 is 0. The maximum atomic E-state index is 5.93. The minimum atomic E-state index is -0.304. The Bertz CT molecular complexity index is 510. The number of aryl methyl sites for hydroxylation is 1. The molecule has 0 aliphatic rings. The van der Waals surface area contributed by atoms with Crippen LogP contribution in [0.4, 0.5) is 5.82 Å². The van der Waals surface area contributed by atoms with Gasteiger partial charge in [-0.3, -0.25) is 0 Å². The molecule has 1 atom stereocenters. The zero-order valence-electron chi connectivity index (χ0n) is 10.9. The van der Waals surface area contributed by atoms with E-state index >= 15 is 0 Å². The molecule has 1 heterocycles. The van der Waals surface area contributed by atoms with E-state index in [1.807, 2.05) is 43.3 Å². The van der Waals surface area contributed by atoms with E-state index in [1.54, 1.807) is 0 Å². The first-order valence-corrected chi connectivity index (χ1v) is 6.11. The van der Waals surface area contributed by atoms with Gasteiger partial charge in [-0.2, -0.15) is 0 Å². The van der Waals surface area contributed by atoms with E-state index in [9.17, 15) is 0 Å². The molecule has 0 spiro atoms. The predicted octanol–water partition coefficient (Wildman–Crippen LogP) is 2.68. The number of hydrogen-bond acceptors (Lipinski definition) is 3. The molecule has 0 saturated carbocycles. The fraction of sp³-hybridized carbons (Fsp3) is 0.267. The highest BCUT2D eigenvalue weighted by atomic mass is 15.1. The first kappa shape index (κ1) is 12.6. The van der Waals surface area contributed by atoms with Crippen LogP contribution in [-0.2, 0) is 5.54 Å². The summed E-state index contributed by atoms with van der Waals surface area (Å²) in [4.78, 5) is 4.46. The van der Waals surface area contributed by atoms with Gasteiger partial charge in [0.05, 0.1) is 5.54 Å². The number of pyridine rings is 1. The Kier molecular flexibility index (Phi) is 3.63. The Labute approximate surface area is 108 Å². The number of anilines is 1. The average molecular weight is 241 g/mol. The summed E-state index contributed by atoms with van der Waals surface area (Å²) in [7, 11) is 0. The first-order chi connectivity index (χ1) is 8.64. The molecule has 2 rings (SSSR count). The maximum absolute atomic E-state index is 5.93. The molecule has 2 aromatic rings.